The number of hydrogen-bond acceptors (Lipinski definition) is 2. The Labute approximate surface area is 133 Å². The van der Waals surface area contributed by atoms with Crippen molar-refractivity contribution in [2.45, 2.75) is 50.7 Å². The molecule has 0 radical (unpaired) electrons. The summed E-state index contributed by atoms with van der Waals surface area (Å²) in [4.78, 5) is 14.6. The van der Waals surface area contributed by atoms with Gasteiger partial charge in [-0.3, -0.25) is 4.79 Å². The Morgan fingerprint density at radius 3 is 2.67 bits per heavy atom. The van der Waals surface area contributed by atoms with E-state index in [2.05, 4.69) is 21.2 Å². The topological polar surface area (TPSA) is 32.3 Å². The van der Waals surface area contributed by atoms with Crippen molar-refractivity contribution in [1.82, 2.24) is 10.2 Å². The Balaban J connectivity index is 1.82. The fraction of sp³-hybridized carbons (Fsp3) is 0.562. The van der Waals surface area contributed by atoms with Crippen LogP contribution in [-0.2, 0) is 0 Å². The predicted molar refractivity (Wildman–Crippen MR) is 83.8 cm³/mol. The Morgan fingerprint density at radius 1 is 1.38 bits per heavy atom. The largest absolute Gasteiger partial charge is 0.336 e. The van der Waals surface area contributed by atoms with Crippen molar-refractivity contribution in [3.63, 3.8) is 0 Å². The summed E-state index contributed by atoms with van der Waals surface area (Å²) in [6.07, 6.45) is 4.34. The van der Waals surface area contributed by atoms with Gasteiger partial charge in [0.1, 0.15) is 5.82 Å². The first kappa shape index (κ1) is 15.0. The number of carbonyl (C=O) groups excluding carboxylic acids is 1. The minimum absolute atomic E-state index is 0.164. The van der Waals surface area contributed by atoms with E-state index in [0.29, 0.717) is 18.6 Å². The number of benzene rings is 1. The molecule has 0 aromatic heterocycles. The Hall–Kier alpha value is -0.940. The molecule has 1 aromatic carbocycles. The smallest absolute Gasteiger partial charge is 0.257 e. The highest BCUT2D eigenvalue weighted by Crippen LogP contribution is 2.30. The van der Waals surface area contributed by atoms with Crippen molar-refractivity contribution >= 4 is 21.8 Å². The van der Waals surface area contributed by atoms with Crippen LogP contribution in [0.3, 0.4) is 0 Å². The van der Waals surface area contributed by atoms with Crippen molar-refractivity contribution in [2.75, 3.05) is 6.54 Å². The summed E-state index contributed by atoms with van der Waals surface area (Å²) in [6.45, 7) is 2.59. The highest BCUT2D eigenvalue weighted by atomic mass is 79.9. The molecule has 2 aliphatic heterocycles. The van der Waals surface area contributed by atoms with Gasteiger partial charge in [-0.2, -0.15) is 0 Å². The molecule has 2 bridgehead atoms. The lowest BCUT2D eigenvalue weighted by molar-refractivity contribution is 0.0626. The first-order valence-corrected chi connectivity index (χ1v) is 8.40. The van der Waals surface area contributed by atoms with Crippen LogP contribution < -0.4 is 5.32 Å². The van der Waals surface area contributed by atoms with Gasteiger partial charge in [0.25, 0.3) is 5.91 Å². The summed E-state index contributed by atoms with van der Waals surface area (Å²) in [5.74, 6) is -0.638. The summed E-state index contributed by atoms with van der Waals surface area (Å²) < 4.78 is 14.7. The van der Waals surface area contributed by atoms with Gasteiger partial charge >= 0.3 is 0 Å². The quantitative estimate of drug-likeness (QED) is 0.902. The minimum Gasteiger partial charge on any atom is -0.336 e. The minimum atomic E-state index is -0.446. The van der Waals surface area contributed by atoms with E-state index in [1.54, 1.807) is 12.1 Å². The molecule has 2 unspecified atom stereocenters. The van der Waals surface area contributed by atoms with Crippen LogP contribution in [0.15, 0.2) is 22.7 Å². The molecule has 0 saturated carbocycles. The van der Waals surface area contributed by atoms with Gasteiger partial charge in [0.05, 0.1) is 5.56 Å². The van der Waals surface area contributed by atoms with E-state index in [-0.39, 0.29) is 17.5 Å². The van der Waals surface area contributed by atoms with E-state index in [4.69, 9.17) is 0 Å². The van der Waals surface area contributed by atoms with Crippen molar-refractivity contribution in [3.05, 3.63) is 34.1 Å². The van der Waals surface area contributed by atoms with Gasteiger partial charge in [0, 0.05) is 29.1 Å². The summed E-state index contributed by atoms with van der Waals surface area (Å²) in [5, 5.41) is 3.58. The number of nitrogens with one attached hydrogen (secondary N) is 1. The van der Waals surface area contributed by atoms with Crippen molar-refractivity contribution < 1.29 is 9.18 Å². The third-order valence-corrected chi connectivity index (χ3v) is 5.14. The van der Waals surface area contributed by atoms with Gasteiger partial charge in [-0.1, -0.05) is 15.9 Å². The average Bonchev–Trinajstić information content (AvgIpc) is 2.81. The predicted octanol–water partition coefficient (Wildman–Crippen LogP) is 3.33. The van der Waals surface area contributed by atoms with Crippen molar-refractivity contribution in [2.24, 2.45) is 0 Å². The van der Waals surface area contributed by atoms with Gasteiger partial charge in [-0.15, -0.1) is 0 Å². The Morgan fingerprint density at radius 2 is 2.05 bits per heavy atom. The number of halogens is 2. The van der Waals surface area contributed by atoms with Crippen LogP contribution in [0.1, 0.15) is 43.0 Å². The van der Waals surface area contributed by atoms with Gasteiger partial charge in [0.2, 0.25) is 0 Å². The summed E-state index contributed by atoms with van der Waals surface area (Å²) in [6, 6.07) is 5.80. The van der Waals surface area contributed by atoms with Crippen LogP contribution in [0.25, 0.3) is 0 Å². The van der Waals surface area contributed by atoms with Crippen LogP contribution in [0, 0.1) is 5.82 Å². The molecule has 2 saturated heterocycles. The fourth-order valence-corrected chi connectivity index (χ4v) is 4.03. The summed E-state index contributed by atoms with van der Waals surface area (Å²) in [7, 11) is 0. The van der Waals surface area contributed by atoms with Crippen molar-refractivity contribution in [1.29, 1.82) is 0 Å². The molecule has 0 spiro atoms. The van der Waals surface area contributed by atoms with Gasteiger partial charge < -0.3 is 10.2 Å². The molecule has 3 rings (SSSR count). The molecule has 1 aromatic rings. The SMILES string of the molecule is CCN(C(=O)c1cc(Br)ccc1F)C1CC2CCC(C1)N2. The van der Waals surface area contributed by atoms with Crippen LogP contribution in [-0.4, -0.2) is 35.5 Å². The van der Waals surface area contributed by atoms with Crippen LogP contribution in [0.5, 0.6) is 0 Å². The van der Waals surface area contributed by atoms with Crippen LogP contribution >= 0.6 is 15.9 Å². The molecule has 2 fully saturated rings. The molecule has 1 N–H and O–H groups in total. The van der Waals surface area contributed by atoms with E-state index >= 15 is 0 Å². The normalized spacial score (nSPS) is 27.7. The molecule has 0 aliphatic carbocycles. The second-order valence-electron chi connectivity index (χ2n) is 5.98. The lowest BCUT2D eigenvalue weighted by Gasteiger charge is -2.37. The number of fused-ring (bicyclic) bond motifs is 2. The average molecular weight is 355 g/mol. The zero-order valence-corrected chi connectivity index (χ0v) is 13.7. The molecule has 2 aliphatic rings. The third-order valence-electron chi connectivity index (χ3n) is 4.65. The van der Waals surface area contributed by atoms with E-state index in [1.807, 2.05) is 11.8 Å². The number of piperidine rings is 1. The first-order valence-electron chi connectivity index (χ1n) is 7.60. The number of carbonyl (C=O) groups is 1. The van der Waals surface area contributed by atoms with Gasteiger partial charge in [0.15, 0.2) is 0 Å². The monoisotopic (exact) mass is 354 g/mol. The highest BCUT2D eigenvalue weighted by molar-refractivity contribution is 9.10. The Kier molecular flexibility index (Phi) is 4.31. The van der Waals surface area contributed by atoms with E-state index in [9.17, 15) is 9.18 Å². The van der Waals surface area contributed by atoms with E-state index in [1.165, 1.54) is 18.9 Å². The fourth-order valence-electron chi connectivity index (χ4n) is 3.67. The maximum atomic E-state index is 14.0. The molecular weight excluding hydrogens is 335 g/mol. The van der Waals surface area contributed by atoms with Gasteiger partial charge in [-0.05, 0) is 50.8 Å². The molecule has 2 atom stereocenters. The molecular formula is C16H20BrFN2O. The summed E-state index contributed by atoms with van der Waals surface area (Å²) in [5.41, 5.74) is 0.164. The van der Waals surface area contributed by atoms with Crippen LogP contribution in [0.2, 0.25) is 0 Å². The van der Waals surface area contributed by atoms with E-state index in [0.717, 1.165) is 17.3 Å². The number of rotatable bonds is 3. The number of nitrogens with zero attached hydrogens (tertiary/aromatic N) is 1. The standard InChI is InChI=1S/C16H20BrFN2O/c1-2-20(13-8-11-4-5-12(9-13)19-11)16(21)14-7-10(17)3-6-15(14)18/h3,6-7,11-13,19H,2,4-5,8-9H2,1H3. The second-order valence-corrected chi connectivity index (χ2v) is 6.89. The van der Waals surface area contributed by atoms with Crippen LogP contribution in [0.4, 0.5) is 4.39 Å². The zero-order chi connectivity index (χ0) is 15.0. The molecule has 5 heteroatoms. The molecule has 1 amide bonds. The molecule has 2 heterocycles. The zero-order valence-electron chi connectivity index (χ0n) is 12.1. The lowest BCUT2D eigenvalue weighted by atomic mass is 9.97. The van der Waals surface area contributed by atoms with E-state index < -0.39 is 5.82 Å². The number of amides is 1. The van der Waals surface area contributed by atoms with Gasteiger partial charge in [-0.25, -0.2) is 4.39 Å². The number of hydrogen-bond donors (Lipinski definition) is 1. The second kappa shape index (κ2) is 6.05. The highest BCUT2D eigenvalue weighted by Gasteiger charge is 2.37. The summed E-state index contributed by atoms with van der Waals surface area (Å²) >= 11 is 3.31. The maximum Gasteiger partial charge on any atom is 0.257 e. The lowest BCUT2D eigenvalue weighted by Crippen LogP contribution is -2.50. The first-order chi connectivity index (χ1) is 10.1. The molecule has 114 valence electrons. The maximum absolute atomic E-state index is 14.0. The third kappa shape index (κ3) is 2.99. The Bertz CT molecular complexity index is 539. The molecule has 3 nitrogen and oxygen atoms in total. The van der Waals surface area contributed by atoms with Crippen molar-refractivity contribution in [3.8, 4) is 0 Å². The molecule has 21 heavy (non-hydrogen) atoms.